The summed E-state index contributed by atoms with van der Waals surface area (Å²) in [6.07, 6.45) is 4.50. The number of hydrogen-bond acceptors (Lipinski definition) is 4. The van der Waals surface area contributed by atoms with Crippen LogP contribution in [0.4, 0.5) is 5.69 Å². The van der Waals surface area contributed by atoms with Gasteiger partial charge < -0.3 is 14.8 Å². The van der Waals surface area contributed by atoms with E-state index in [1.165, 1.54) is 0 Å². The molecule has 2 atom stereocenters. The number of allylic oxidation sites excluding steroid dienone is 2. The van der Waals surface area contributed by atoms with Crippen LogP contribution in [0.1, 0.15) is 38.5 Å². The first-order chi connectivity index (χ1) is 11.5. The maximum atomic E-state index is 12.5. The minimum absolute atomic E-state index is 0.181. The van der Waals surface area contributed by atoms with Crippen LogP contribution < -0.4 is 5.32 Å². The predicted octanol–water partition coefficient (Wildman–Crippen LogP) is 3.56. The summed E-state index contributed by atoms with van der Waals surface area (Å²) in [5, 5.41) is 12.1. The number of amides is 1. The first-order valence-electron chi connectivity index (χ1n) is 8.05. The Kier molecular flexibility index (Phi) is 4.38. The minimum Gasteiger partial charge on any atom is -0.481 e. The van der Waals surface area contributed by atoms with Gasteiger partial charge in [0.2, 0.25) is 5.91 Å². The molecule has 0 saturated carbocycles. The highest BCUT2D eigenvalue weighted by molar-refractivity contribution is 5.96. The van der Waals surface area contributed by atoms with Crippen molar-refractivity contribution in [2.24, 2.45) is 11.8 Å². The second-order valence-corrected chi connectivity index (χ2v) is 6.37. The number of benzene rings is 1. The van der Waals surface area contributed by atoms with Gasteiger partial charge in [0.05, 0.1) is 11.8 Å². The molecule has 0 radical (unpaired) electrons. The standard InChI is InChI=1S/C18H20N2O4/c1-10(2)17-20-14-9-11(7-8-15(14)24-17)19-16(21)12-5-3-4-6-13(12)18(22)23/h3-4,7-10,12-13H,5-6H2,1-2H3,(H,19,21)(H,22,23)/t12-,13+/m1/s1. The number of aliphatic carboxylic acids is 1. The van der Waals surface area contributed by atoms with Crippen LogP contribution in [0.25, 0.3) is 11.1 Å². The van der Waals surface area contributed by atoms with Gasteiger partial charge in [-0.05, 0) is 31.0 Å². The van der Waals surface area contributed by atoms with Crippen molar-refractivity contribution in [1.82, 2.24) is 4.98 Å². The van der Waals surface area contributed by atoms with E-state index >= 15 is 0 Å². The quantitative estimate of drug-likeness (QED) is 0.837. The summed E-state index contributed by atoms with van der Waals surface area (Å²) in [7, 11) is 0. The molecule has 0 aliphatic heterocycles. The van der Waals surface area contributed by atoms with Crippen molar-refractivity contribution >= 4 is 28.7 Å². The van der Waals surface area contributed by atoms with Crippen LogP contribution in [0.2, 0.25) is 0 Å². The molecule has 1 aliphatic rings. The van der Waals surface area contributed by atoms with E-state index in [1.54, 1.807) is 18.2 Å². The second-order valence-electron chi connectivity index (χ2n) is 6.37. The van der Waals surface area contributed by atoms with Crippen LogP contribution in [-0.2, 0) is 9.59 Å². The highest BCUT2D eigenvalue weighted by Crippen LogP contribution is 2.28. The van der Waals surface area contributed by atoms with Crippen molar-refractivity contribution in [3.8, 4) is 0 Å². The fourth-order valence-electron chi connectivity index (χ4n) is 2.88. The molecule has 3 rings (SSSR count). The Morgan fingerprint density at radius 2 is 1.96 bits per heavy atom. The average Bonchev–Trinajstić information content (AvgIpc) is 2.98. The maximum absolute atomic E-state index is 12.5. The number of anilines is 1. The largest absolute Gasteiger partial charge is 0.481 e. The monoisotopic (exact) mass is 328 g/mol. The van der Waals surface area contributed by atoms with E-state index in [9.17, 15) is 14.7 Å². The summed E-state index contributed by atoms with van der Waals surface area (Å²) >= 11 is 0. The summed E-state index contributed by atoms with van der Waals surface area (Å²) in [4.78, 5) is 28.2. The van der Waals surface area contributed by atoms with Gasteiger partial charge in [-0.25, -0.2) is 4.98 Å². The summed E-state index contributed by atoms with van der Waals surface area (Å²) in [5.41, 5.74) is 1.94. The van der Waals surface area contributed by atoms with Gasteiger partial charge in [-0.2, -0.15) is 0 Å². The molecule has 1 aromatic carbocycles. The lowest BCUT2D eigenvalue weighted by molar-refractivity contribution is -0.146. The topological polar surface area (TPSA) is 92.4 Å². The molecule has 6 heteroatoms. The van der Waals surface area contributed by atoms with Crippen molar-refractivity contribution in [3.63, 3.8) is 0 Å². The van der Waals surface area contributed by atoms with Gasteiger partial charge in [-0.3, -0.25) is 9.59 Å². The van der Waals surface area contributed by atoms with Gasteiger partial charge in [0.1, 0.15) is 5.52 Å². The van der Waals surface area contributed by atoms with E-state index in [4.69, 9.17) is 4.42 Å². The third kappa shape index (κ3) is 3.18. The van der Waals surface area contributed by atoms with E-state index in [1.807, 2.05) is 26.0 Å². The first kappa shape index (κ1) is 16.2. The first-order valence-corrected chi connectivity index (χ1v) is 8.05. The number of rotatable bonds is 4. The molecule has 1 aliphatic carbocycles. The summed E-state index contributed by atoms with van der Waals surface area (Å²) in [5.74, 6) is -1.63. The SMILES string of the molecule is CC(C)c1nc2cc(NC(=O)[C@@H]3CC=CC[C@@H]3C(=O)O)ccc2o1. The molecule has 0 fully saturated rings. The van der Waals surface area contributed by atoms with E-state index in [0.717, 1.165) is 0 Å². The van der Waals surface area contributed by atoms with E-state index in [2.05, 4.69) is 10.3 Å². The van der Waals surface area contributed by atoms with Gasteiger partial charge in [-0.15, -0.1) is 0 Å². The fraction of sp³-hybridized carbons (Fsp3) is 0.389. The Morgan fingerprint density at radius 1 is 1.25 bits per heavy atom. The Morgan fingerprint density at radius 3 is 2.62 bits per heavy atom. The lowest BCUT2D eigenvalue weighted by Crippen LogP contribution is -2.34. The Labute approximate surface area is 139 Å². The summed E-state index contributed by atoms with van der Waals surface area (Å²) < 4.78 is 5.64. The van der Waals surface area contributed by atoms with Crippen LogP contribution in [0, 0.1) is 11.8 Å². The molecule has 24 heavy (non-hydrogen) atoms. The normalized spacial score (nSPS) is 20.5. The van der Waals surface area contributed by atoms with Crippen molar-refractivity contribution in [2.75, 3.05) is 5.32 Å². The summed E-state index contributed by atoms with van der Waals surface area (Å²) in [6, 6.07) is 5.25. The number of oxazole rings is 1. The minimum atomic E-state index is -0.937. The predicted molar refractivity (Wildman–Crippen MR) is 89.7 cm³/mol. The van der Waals surface area contributed by atoms with Crippen LogP contribution in [0.3, 0.4) is 0 Å². The Balaban J connectivity index is 1.79. The number of carbonyl (C=O) groups is 2. The zero-order valence-electron chi connectivity index (χ0n) is 13.7. The number of carboxylic acids is 1. The van der Waals surface area contributed by atoms with Gasteiger partial charge in [0, 0.05) is 11.6 Å². The smallest absolute Gasteiger partial charge is 0.307 e. The van der Waals surface area contributed by atoms with E-state index in [0.29, 0.717) is 35.5 Å². The average molecular weight is 328 g/mol. The zero-order valence-corrected chi connectivity index (χ0v) is 13.7. The molecule has 0 spiro atoms. The van der Waals surface area contributed by atoms with Crippen molar-refractivity contribution in [3.05, 3.63) is 36.2 Å². The number of nitrogens with zero attached hydrogens (tertiary/aromatic N) is 1. The van der Waals surface area contributed by atoms with Gasteiger partial charge in [0.15, 0.2) is 11.5 Å². The fourth-order valence-corrected chi connectivity index (χ4v) is 2.88. The molecule has 1 aromatic heterocycles. The van der Waals surface area contributed by atoms with Crippen LogP contribution in [0.15, 0.2) is 34.8 Å². The van der Waals surface area contributed by atoms with E-state index in [-0.39, 0.29) is 11.8 Å². The molecule has 0 bridgehead atoms. The van der Waals surface area contributed by atoms with Crippen LogP contribution in [-0.4, -0.2) is 22.0 Å². The van der Waals surface area contributed by atoms with Gasteiger partial charge in [-0.1, -0.05) is 26.0 Å². The molecule has 6 nitrogen and oxygen atoms in total. The number of aromatic nitrogens is 1. The van der Waals surface area contributed by atoms with Gasteiger partial charge in [0.25, 0.3) is 0 Å². The number of carbonyl (C=O) groups excluding carboxylic acids is 1. The lowest BCUT2D eigenvalue weighted by atomic mass is 9.82. The second kappa shape index (κ2) is 6.47. The maximum Gasteiger partial charge on any atom is 0.307 e. The van der Waals surface area contributed by atoms with Crippen molar-refractivity contribution in [1.29, 1.82) is 0 Å². The van der Waals surface area contributed by atoms with Crippen LogP contribution >= 0.6 is 0 Å². The molecular weight excluding hydrogens is 308 g/mol. The molecule has 1 heterocycles. The van der Waals surface area contributed by atoms with Crippen molar-refractivity contribution in [2.45, 2.75) is 32.6 Å². The van der Waals surface area contributed by atoms with Crippen LogP contribution in [0.5, 0.6) is 0 Å². The highest BCUT2D eigenvalue weighted by Gasteiger charge is 2.34. The third-order valence-corrected chi connectivity index (χ3v) is 4.25. The number of hydrogen-bond donors (Lipinski definition) is 2. The number of fused-ring (bicyclic) bond motifs is 1. The van der Waals surface area contributed by atoms with E-state index < -0.39 is 17.8 Å². The highest BCUT2D eigenvalue weighted by atomic mass is 16.4. The molecule has 2 aromatic rings. The molecule has 0 unspecified atom stereocenters. The Bertz CT molecular complexity index is 806. The molecule has 1 amide bonds. The molecule has 0 saturated heterocycles. The lowest BCUT2D eigenvalue weighted by Gasteiger charge is -2.24. The Hall–Kier alpha value is -2.63. The third-order valence-electron chi connectivity index (χ3n) is 4.25. The number of nitrogens with one attached hydrogen (secondary N) is 1. The zero-order chi connectivity index (χ0) is 17.3. The molecule has 2 N–H and O–H groups in total. The number of carboxylic acid groups (broad SMARTS) is 1. The summed E-state index contributed by atoms with van der Waals surface area (Å²) in [6.45, 7) is 3.99. The molecule has 126 valence electrons. The molecular formula is C18H20N2O4. The van der Waals surface area contributed by atoms with Gasteiger partial charge >= 0.3 is 5.97 Å². The van der Waals surface area contributed by atoms with Crippen molar-refractivity contribution < 1.29 is 19.1 Å².